The molecule has 37 heavy (non-hydrogen) atoms. The van der Waals surface area contributed by atoms with Gasteiger partial charge in [-0.15, -0.1) is 11.3 Å². The predicted octanol–water partition coefficient (Wildman–Crippen LogP) is 5.95. The number of aromatic nitrogens is 1. The fraction of sp³-hybridized carbons (Fsp3) is 0.250. The SMILES string of the molecule is C[C@H]1CN(S(=O)(=O)c2cccc(-c3csc(=Nc4ccccc4)n3Cc3ccccc3Cl)c2)C[C@H](C)O1. The molecule has 0 N–H and O–H groups in total. The minimum atomic E-state index is -3.68. The number of rotatable bonds is 6. The Morgan fingerprint density at radius 2 is 1.68 bits per heavy atom. The predicted molar refractivity (Wildman–Crippen MR) is 149 cm³/mol. The first-order chi connectivity index (χ1) is 17.8. The summed E-state index contributed by atoms with van der Waals surface area (Å²) in [6.07, 6.45) is -0.308. The van der Waals surface area contributed by atoms with Gasteiger partial charge < -0.3 is 9.30 Å². The van der Waals surface area contributed by atoms with Crippen molar-refractivity contribution in [1.82, 2.24) is 8.87 Å². The van der Waals surface area contributed by atoms with Crippen LogP contribution in [0.4, 0.5) is 5.69 Å². The van der Waals surface area contributed by atoms with Gasteiger partial charge in [-0.1, -0.05) is 60.1 Å². The molecule has 0 spiro atoms. The highest BCUT2D eigenvalue weighted by atomic mass is 35.5. The molecule has 1 aromatic heterocycles. The molecule has 1 fully saturated rings. The molecule has 1 aliphatic rings. The summed E-state index contributed by atoms with van der Waals surface area (Å²) in [4.78, 5) is 5.94. The lowest BCUT2D eigenvalue weighted by atomic mass is 10.1. The van der Waals surface area contributed by atoms with E-state index in [1.165, 1.54) is 15.6 Å². The van der Waals surface area contributed by atoms with Crippen molar-refractivity contribution in [3.05, 3.63) is 99.6 Å². The molecule has 4 aromatic rings. The van der Waals surface area contributed by atoms with Crippen LogP contribution < -0.4 is 4.80 Å². The molecule has 6 nitrogen and oxygen atoms in total. The van der Waals surface area contributed by atoms with Gasteiger partial charge in [0.05, 0.1) is 35.0 Å². The molecule has 0 radical (unpaired) electrons. The summed E-state index contributed by atoms with van der Waals surface area (Å²) in [5.74, 6) is 0. The summed E-state index contributed by atoms with van der Waals surface area (Å²) in [6, 6.07) is 24.6. The third kappa shape index (κ3) is 5.73. The lowest BCUT2D eigenvalue weighted by Gasteiger charge is -2.34. The van der Waals surface area contributed by atoms with Gasteiger partial charge in [0, 0.05) is 29.1 Å². The minimum Gasteiger partial charge on any atom is -0.373 e. The normalized spacial score (nSPS) is 19.3. The molecule has 0 amide bonds. The molecule has 3 aromatic carbocycles. The smallest absolute Gasteiger partial charge is 0.243 e. The number of hydrogen-bond donors (Lipinski definition) is 0. The zero-order valence-electron chi connectivity index (χ0n) is 20.6. The van der Waals surface area contributed by atoms with Crippen LogP contribution in [-0.4, -0.2) is 42.6 Å². The third-order valence-corrected chi connectivity index (χ3v) is 9.28. The summed E-state index contributed by atoms with van der Waals surface area (Å²) in [5.41, 5.74) is 3.47. The second-order valence-electron chi connectivity index (χ2n) is 9.14. The average Bonchev–Trinajstić information content (AvgIpc) is 3.27. The maximum atomic E-state index is 13.6. The van der Waals surface area contributed by atoms with E-state index < -0.39 is 10.0 Å². The maximum absolute atomic E-state index is 13.6. The standard InChI is InChI=1S/C28H28ClN3O3S2/c1-20-16-31(17-21(2)35-20)37(33,34)25-13-8-10-22(15-25)27-19-36-28(30-24-11-4-3-5-12-24)32(27)18-23-9-6-7-14-26(23)29/h3-15,19-21H,16-18H2,1-2H3/t20-,21-/m0/s1. The van der Waals surface area contributed by atoms with Crippen molar-refractivity contribution in [2.75, 3.05) is 13.1 Å². The highest BCUT2D eigenvalue weighted by Gasteiger charge is 2.32. The first-order valence-electron chi connectivity index (χ1n) is 12.1. The van der Waals surface area contributed by atoms with Crippen LogP contribution in [0.5, 0.6) is 0 Å². The van der Waals surface area contributed by atoms with Gasteiger partial charge >= 0.3 is 0 Å². The van der Waals surface area contributed by atoms with Gasteiger partial charge in [-0.05, 0) is 49.7 Å². The summed E-state index contributed by atoms with van der Waals surface area (Å²) in [6.45, 7) is 4.97. The van der Waals surface area contributed by atoms with Crippen LogP contribution in [0, 0.1) is 0 Å². The van der Waals surface area contributed by atoms with E-state index in [9.17, 15) is 8.42 Å². The Kier molecular flexibility index (Phi) is 7.65. The van der Waals surface area contributed by atoms with Gasteiger partial charge in [0.1, 0.15) is 0 Å². The number of ether oxygens (including phenoxy) is 1. The van der Waals surface area contributed by atoms with Gasteiger partial charge in [-0.2, -0.15) is 4.31 Å². The number of halogens is 1. The Bertz CT molecular complexity index is 1550. The molecule has 0 aliphatic carbocycles. The number of hydrogen-bond acceptors (Lipinski definition) is 5. The lowest BCUT2D eigenvalue weighted by molar-refractivity contribution is -0.0440. The largest absolute Gasteiger partial charge is 0.373 e. The fourth-order valence-electron chi connectivity index (χ4n) is 4.50. The van der Waals surface area contributed by atoms with Crippen LogP contribution in [0.3, 0.4) is 0 Å². The number of nitrogens with zero attached hydrogens (tertiary/aromatic N) is 3. The monoisotopic (exact) mass is 553 g/mol. The fourth-order valence-corrected chi connectivity index (χ4v) is 7.27. The van der Waals surface area contributed by atoms with Crippen molar-refractivity contribution < 1.29 is 13.2 Å². The van der Waals surface area contributed by atoms with Gasteiger partial charge in [-0.25, -0.2) is 13.4 Å². The van der Waals surface area contributed by atoms with Gasteiger partial charge in [0.25, 0.3) is 0 Å². The van der Waals surface area contributed by atoms with E-state index in [1.807, 2.05) is 79.9 Å². The number of morpholine rings is 1. The Balaban J connectivity index is 1.59. The number of para-hydroxylation sites is 1. The second kappa shape index (κ2) is 10.9. The van der Waals surface area contributed by atoms with E-state index in [2.05, 4.69) is 4.57 Å². The van der Waals surface area contributed by atoms with Crippen molar-refractivity contribution in [2.45, 2.75) is 37.5 Å². The zero-order valence-corrected chi connectivity index (χ0v) is 23.0. The van der Waals surface area contributed by atoms with E-state index in [0.29, 0.717) is 24.7 Å². The Morgan fingerprint density at radius 1 is 0.973 bits per heavy atom. The molecular weight excluding hydrogens is 526 g/mol. The van der Waals surface area contributed by atoms with Gasteiger partial charge in [0.2, 0.25) is 10.0 Å². The van der Waals surface area contributed by atoms with Crippen LogP contribution in [-0.2, 0) is 21.3 Å². The van der Waals surface area contributed by atoms with Crippen molar-refractivity contribution in [3.8, 4) is 11.3 Å². The molecule has 0 saturated carbocycles. The first-order valence-corrected chi connectivity index (χ1v) is 14.8. The molecule has 0 unspecified atom stereocenters. The molecule has 5 rings (SSSR count). The Morgan fingerprint density at radius 3 is 2.41 bits per heavy atom. The summed E-state index contributed by atoms with van der Waals surface area (Å²) in [7, 11) is -3.68. The van der Waals surface area contributed by atoms with E-state index in [4.69, 9.17) is 21.3 Å². The number of benzene rings is 3. The maximum Gasteiger partial charge on any atom is 0.243 e. The first kappa shape index (κ1) is 25.9. The van der Waals surface area contributed by atoms with E-state index >= 15 is 0 Å². The average molecular weight is 554 g/mol. The van der Waals surface area contributed by atoms with E-state index in [1.54, 1.807) is 18.2 Å². The van der Waals surface area contributed by atoms with Gasteiger partial charge in [0.15, 0.2) is 4.80 Å². The molecule has 1 saturated heterocycles. The summed E-state index contributed by atoms with van der Waals surface area (Å²) < 4.78 is 36.5. The third-order valence-electron chi connectivity index (χ3n) is 6.22. The topological polar surface area (TPSA) is 63.9 Å². The molecule has 1 aliphatic heterocycles. The summed E-state index contributed by atoms with van der Waals surface area (Å²) in [5, 5.41) is 2.69. The zero-order chi connectivity index (χ0) is 26.0. The van der Waals surface area contributed by atoms with Crippen molar-refractivity contribution in [3.63, 3.8) is 0 Å². The molecular formula is C28H28ClN3O3S2. The highest BCUT2D eigenvalue weighted by Crippen LogP contribution is 2.28. The van der Waals surface area contributed by atoms with E-state index in [0.717, 1.165) is 27.3 Å². The van der Waals surface area contributed by atoms with Crippen LogP contribution in [0.25, 0.3) is 11.3 Å². The van der Waals surface area contributed by atoms with Crippen molar-refractivity contribution in [1.29, 1.82) is 0 Å². The Hall–Kier alpha value is -2.75. The molecule has 2 heterocycles. The van der Waals surface area contributed by atoms with Crippen LogP contribution in [0.2, 0.25) is 5.02 Å². The minimum absolute atomic E-state index is 0.154. The van der Waals surface area contributed by atoms with Crippen LogP contribution in [0.15, 0.2) is 94.1 Å². The highest BCUT2D eigenvalue weighted by molar-refractivity contribution is 7.89. The quantitative estimate of drug-likeness (QED) is 0.296. The lowest BCUT2D eigenvalue weighted by Crippen LogP contribution is -2.48. The molecule has 9 heteroatoms. The van der Waals surface area contributed by atoms with Gasteiger partial charge in [-0.3, -0.25) is 0 Å². The molecule has 2 atom stereocenters. The molecule has 0 bridgehead atoms. The summed E-state index contributed by atoms with van der Waals surface area (Å²) >= 11 is 8.02. The Labute approximate surface area is 226 Å². The number of thiazole rings is 1. The van der Waals surface area contributed by atoms with Crippen molar-refractivity contribution in [2.24, 2.45) is 4.99 Å². The van der Waals surface area contributed by atoms with E-state index in [-0.39, 0.29) is 17.1 Å². The van der Waals surface area contributed by atoms with Crippen LogP contribution >= 0.6 is 22.9 Å². The number of sulfonamides is 1. The molecule has 192 valence electrons. The second-order valence-corrected chi connectivity index (χ2v) is 12.3. The van der Waals surface area contributed by atoms with Crippen LogP contribution in [0.1, 0.15) is 19.4 Å². The van der Waals surface area contributed by atoms with Crippen molar-refractivity contribution >= 4 is 38.6 Å².